The van der Waals surface area contributed by atoms with E-state index in [1.807, 2.05) is 0 Å². The molecule has 0 bridgehead atoms. The standard InChI is InChI=1S/C8H5NO2.Rb.H/c10-7-5-3-1-2-4-6(5)8(11)9-7;;/h1-4H,(H,9,10,11);;/q;+1;-1. The number of imide groups is 1. The maximum Gasteiger partial charge on any atom is 1.00 e. The molecule has 1 aromatic rings. The van der Waals surface area contributed by atoms with Gasteiger partial charge in [0.25, 0.3) is 11.8 Å². The van der Waals surface area contributed by atoms with Crippen LogP contribution in [0.15, 0.2) is 24.3 Å². The zero-order valence-corrected chi connectivity index (χ0v) is 11.5. The fourth-order valence-electron chi connectivity index (χ4n) is 1.12. The van der Waals surface area contributed by atoms with Crippen LogP contribution in [-0.2, 0) is 0 Å². The van der Waals surface area contributed by atoms with Gasteiger partial charge in [0.1, 0.15) is 0 Å². The summed E-state index contributed by atoms with van der Waals surface area (Å²) in [6.07, 6.45) is 0. The van der Waals surface area contributed by atoms with E-state index in [0.717, 1.165) is 0 Å². The average molecular weight is 234 g/mol. The first-order valence-electron chi connectivity index (χ1n) is 3.24. The molecule has 0 aliphatic carbocycles. The smallest absolute Gasteiger partial charge is 1.00 e. The number of hydrogen-bond donors (Lipinski definition) is 1. The molecule has 1 aliphatic heterocycles. The summed E-state index contributed by atoms with van der Waals surface area (Å²) in [6, 6.07) is 6.74. The zero-order chi connectivity index (χ0) is 7.84. The predicted molar refractivity (Wildman–Crippen MR) is 39.4 cm³/mol. The third-order valence-electron chi connectivity index (χ3n) is 1.64. The molecular weight excluding hydrogens is 228 g/mol. The molecule has 2 rings (SSSR count). The number of fused-ring (bicyclic) bond motifs is 1. The molecular formula is C8H6NO2Rb. The van der Waals surface area contributed by atoms with Crippen LogP contribution < -0.4 is 63.5 Å². The molecule has 1 heterocycles. The van der Waals surface area contributed by atoms with Crippen molar-refractivity contribution in [3.05, 3.63) is 35.4 Å². The predicted octanol–water partition coefficient (Wildman–Crippen LogP) is -2.31. The maximum atomic E-state index is 10.9. The van der Waals surface area contributed by atoms with Gasteiger partial charge in [0.15, 0.2) is 0 Å². The van der Waals surface area contributed by atoms with Gasteiger partial charge in [-0.3, -0.25) is 14.9 Å². The van der Waals surface area contributed by atoms with Crippen LogP contribution in [0.5, 0.6) is 0 Å². The van der Waals surface area contributed by atoms with Crippen molar-refractivity contribution in [3.8, 4) is 0 Å². The third-order valence-corrected chi connectivity index (χ3v) is 1.64. The van der Waals surface area contributed by atoms with E-state index in [-0.39, 0.29) is 71.4 Å². The minimum Gasteiger partial charge on any atom is -1.00 e. The quantitative estimate of drug-likeness (QED) is 0.512. The van der Waals surface area contributed by atoms with Crippen LogP contribution in [0.3, 0.4) is 0 Å². The van der Waals surface area contributed by atoms with Crippen LogP contribution in [0.4, 0.5) is 0 Å². The Hall–Kier alpha value is 0.165. The first-order valence-corrected chi connectivity index (χ1v) is 3.24. The zero-order valence-electron chi connectivity index (χ0n) is 7.63. The summed E-state index contributed by atoms with van der Waals surface area (Å²) in [6.45, 7) is 0. The van der Waals surface area contributed by atoms with Crippen molar-refractivity contribution in [2.24, 2.45) is 0 Å². The van der Waals surface area contributed by atoms with E-state index in [9.17, 15) is 9.59 Å². The molecule has 4 heteroatoms. The Morgan fingerprint density at radius 2 is 1.42 bits per heavy atom. The molecule has 1 aromatic carbocycles. The summed E-state index contributed by atoms with van der Waals surface area (Å²) < 4.78 is 0. The number of carbonyl (C=O) groups excluding carboxylic acids is 2. The van der Waals surface area contributed by atoms with Gasteiger partial charge in [0, 0.05) is 0 Å². The van der Waals surface area contributed by atoms with Crippen molar-refractivity contribution in [2.75, 3.05) is 0 Å². The number of nitrogens with one attached hydrogen (secondary N) is 1. The van der Waals surface area contributed by atoms with Gasteiger partial charge in [-0.25, -0.2) is 0 Å². The van der Waals surface area contributed by atoms with E-state index in [1.54, 1.807) is 24.3 Å². The first kappa shape index (κ1) is 10.2. The molecule has 2 amide bonds. The second-order valence-electron chi connectivity index (χ2n) is 2.33. The Kier molecular flexibility index (Phi) is 3.34. The SMILES string of the molecule is O=C1NC(=O)c2ccccc21.[H-].[Rb+]. The van der Waals surface area contributed by atoms with E-state index >= 15 is 0 Å². The van der Waals surface area contributed by atoms with E-state index in [2.05, 4.69) is 5.32 Å². The molecule has 0 spiro atoms. The Morgan fingerprint density at radius 3 is 1.83 bits per heavy atom. The van der Waals surface area contributed by atoms with Gasteiger partial charge in [0.05, 0.1) is 11.1 Å². The summed E-state index contributed by atoms with van der Waals surface area (Å²) in [5.74, 6) is -0.601. The van der Waals surface area contributed by atoms with Crippen molar-refractivity contribution >= 4 is 11.8 Å². The summed E-state index contributed by atoms with van der Waals surface area (Å²) in [7, 11) is 0. The Labute approximate surface area is 120 Å². The molecule has 3 nitrogen and oxygen atoms in total. The molecule has 0 radical (unpaired) electrons. The number of amides is 2. The molecule has 0 aromatic heterocycles. The van der Waals surface area contributed by atoms with Crippen molar-refractivity contribution in [1.29, 1.82) is 0 Å². The van der Waals surface area contributed by atoms with E-state index < -0.39 is 0 Å². The van der Waals surface area contributed by atoms with Crippen LogP contribution in [0.1, 0.15) is 22.1 Å². The first-order chi connectivity index (χ1) is 5.29. The van der Waals surface area contributed by atoms with E-state index in [0.29, 0.717) is 11.1 Å². The van der Waals surface area contributed by atoms with Crippen LogP contribution in [-0.4, -0.2) is 11.8 Å². The average Bonchev–Trinajstić information content (AvgIpc) is 2.30. The topological polar surface area (TPSA) is 46.2 Å². The van der Waals surface area contributed by atoms with Crippen molar-refractivity contribution in [1.82, 2.24) is 5.32 Å². The Balaban J connectivity index is 0.000000720. The van der Waals surface area contributed by atoms with Crippen LogP contribution in [0.25, 0.3) is 0 Å². The molecule has 56 valence electrons. The maximum absolute atomic E-state index is 10.9. The summed E-state index contributed by atoms with van der Waals surface area (Å²) >= 11 is 0. The van der Waals surface area contributed by atoms with Gasteiger partial charge in [-0.05, 0) is 12.1 Å². The number of hydrogen-bond acceptors (Lipinski definition) is 2. The van der Waals surface area contributed by atoms with Gasteiger partial charge in [-0.1, -0.05) is 12.1 Å². The van der Waals surface area contributed by atoms with Gasteiger partial charge < -0.3 is 1.43 Å². The monoisotopic (exact) mass is 233 g/mol. The number of carbonyl (C=O) groups is 2. The van der Waals surface area contributed by atoms with Gasteiger partial charge in [0.2, 0.25) is 0 Å². The van der Waals surface area contributed by atoms with E-state index in [4.69, 9.17) is 0 Å². The van der Waals surface area contributed by atoms with Crippen molar-refractivity contribution in [3.63, 3.8) is 0 Å². The molecule has 0 saturated heterocycles. The molecule has 0 unspecified atom stereocenters. The summed E-state index contributed by atoms with van der Waals surface area (Å²) in [5, 5.41) is 2.20. The van der Waals surface area contributed by atoms with Crippen molar-refractivity contribution < 1.29 is 69.2 Å². The molecule has 0 saturated carbocycles. The molecule has 1 N–H and O–H groups in total. The molecule has 0 fully saturated rings. The van der Waals surface area contributed by atoms with Gasteiger partial charge in [-0.2, -0.15) is 0 Å². The van der Waals surface area contributed by atoms with Crippen LogP contribution >= 0.6 is 0 Å². The summed E-state index contributed by atoms with van der Waals surface area (Å²) in [5.41, 5.74) is 0.940. The summed E-state index contributed by atoms with van der Waals surface area (Å²) in [4.78, 5) is 21.9. The molecule has 0 atom stereocenters. The second kappa shape index (κ2) is 3.92. The second-order valence-corrected chi connectivity index (χ2v) is 2.33. The minimum atomic E-state index is -0.300. The Bertz CT molecular complexity index is 321. The van der Waals surface area contributed by atoms with Crippen LogP contribution in [0.2, 0.25) is 0 Å². The largest absolute Gasteiger partial charge is 1.00 e. The number of rotatable bonds is 0. The van der Waals surface area contributed by atoms with E-state index in [1.165, 1.54) is 0 Å². The fourth-order valence-corrected chi connectivity index (χ4v) is 1.12. The van der Waals surface area contributed by atoms with Crippen molar-refractivity contribution in [2.45, 2.75) is 0 Å². The third kappa shape index (κ3) is 1.59. The molecule has 12 heavy (non-hydrogen) atoms. The van der Waals surface area contributed by atoms with Gasteiger partial charge >= 0.3 is 58.2 Å². The fraction of sp³-hybridized carbons (Fsp3) is 0. The van der Waals surface area contributed by atoms with Crippen LogP contribution in [0, 0.1) is 0 Å². The normalized spacial score (nSPS) is 13.3. The van der Waals surface area contributed by atoms with Gasteiger partial charge in [-0.15, -0.1) is 0 Å². The molecule has 1 aliphatic rings. The Morgan fingerprint density at radius 1 is 1.00 bits per heavy atom. The number of benzene rings is 1. The minimum absolute atomic E-state index is 0.